The van der Waals surface area contributed by atoms with Crippen LogP contribution >= 0.6 is 11.6 Å². The predicted octanol–water partition coefficient (Wildman–Crippen LogP) is 2.28. The van der Waals surface area contributed by atoms with Crippen molar-refractivity contribution in [3.63, 3.8) is 0 Å². The molecule has 0 atom stereocenters. The van der Waals surface area contributed by atoms with Gasteiger partial charge >= 0.3 is 5.97 Å². The lowest BCUT2D eigenvalue weighted by molar-refractivity contribution is 0.0601. The van der Waals surface area contributed by atoms with Gasteiger partial charge in [0, 0.05) is 6.54 Å². The van der Waals surface area contributed by atoms with Crippen molar-refractivity contribution >= 4 is 23.3 Å². The fourth-order valence-corrected chi connectivity index (χ4v) is 1.58. The van der Waals surface area contributed by atoms with Gasteiger partial charge in [0.05, 0.1) is 23.4 Å². The molecule has 1 aromatic carbocycles. The summed E-state index contributed by atoms with van der Waals surface area (Å²) in [5, 5.41) is 3.76. The third-order valence-corrected chi connectivity index (χ3v) is 2.66. The Bertz CT molecular complexity index is 383. The molecule has 3 N–H and O–H groups in total. The van der Waals surface area contributed by atoms with Crippen molar-refractivity contribution in [2.75, 3.05) is 25.5 Å². The molecule has 4 nitrogen and oxygen atoms in total. The summed E-state index contributed by atoms with van der Waals surface area (Å²) in [5.41, 5.74) is 6.63. The number of benzene rings is 1. The maximum Gasteiger partial charge on any atom is 0.337 e. The Kier molecular flexibility index (Phi) is 5.80. The van der Waals surface area contributed by atoms with Crippen molar-refractivity contribution < 1.29 is 9.53 Å². The van der Waals surface area contributed by atoms with Crippen LogP contribution in [0.3, 0.4) is 0 Å². The minimum Gasteiger partial charge on any atom is -0.465 e. The molecule has 0 aromatic heterocycles. The summed E-state index contributed by atoms with van der Waals surface area (Å²) in [6.45, 7) is 1.46. The van der Waals surface area contributed by atoms with Gasteiger partial charge in [-0.15, -0.1) is 0 Å². The smallest absolute Gasteiger partial charge is 0.337 e. The Morgan fingerprint density at radius 1 is 1.47 bits per heavy atom. The zero-order valence-electron chi connectivity index (χ0n) is 9.83. The summed E-state index contributed by atoms with van der Waals surface area (Å²) in [7, 11) is 1.35. The molecule has 1 rings (SSSR count). The Hall–Kier alpha value is -1.26. The van der Waals surface area contributed by atoms with E-state index in [-0.39, 0.29) is 5.97 Å². The van der Waals surface area contributed by atoms with Crippen LogP contribution in [0, 0.1) is 0 Å². The average molecular weight is 257 g/mol. The topological polar surface area (TPSA) is 64.3 Å². The molecule has 0 amide bonds. The highest BCUT2D eigenvalue weighted by atomic mass is 35.5. The van der Waals surface area contributed by atoms with E-state index in [1.807, 2.05) is 0 Å². The van der Waals surface area contributed by atoms with Gasteiger partial charge in [0.25, 0.3) is 0 Å². The van der Waals surface area contributed by atoms with Gasteiger partial charge in [-0.25, -0.2) is 4.79 Å². The van der Waals surface area contributed by atoms with E-state index in [1.54, 1.807) is 18.2 Å². The van der Waals surface area contributed by atoms with E-state index in [0.717, 1.165) is 25.1 Å². The Balaban J connectivity index is 2.66. The number of ether oxygens (including phenoxy) is 1. The SMILES string of the molecule is COC(=O)c1ccc(Cl)c(NCCCCN)c1. The number of esters is 1. The van der Waals surface area contributed by atoms with Crippen LogP contribution in [0.1, 0.15) is 23.2 Å². The second-order valence-electron chi connectivity index (χ2n) is 3.61. The van der Waals surface area contributed by atoms with Gasteiger partial charge in [-0.1, -0.05) is 11.6 Å². The molecular formula is C12H17ClN2O2. The molecule has 0 aliphatic carbocycles. The standard InChI is InChI=1S/C12H17ClN2O2/c1-17-12(16)9-4-5-10(13)11(8-9)15-7-3-2-6-14/h4-5,8,15H,2-3,6-7,14H2,1H3. The lowest BCUT2D eigenvalue weighted by Crippen LogP contribution is -2.07. The predicted molar refractivity (Wildman–Crippen MR) is 69.6 cm³/mol. The first-order valence-electron chi connectivity index (χ1n) is 5.51. The molecule has 94 valence electrons. The Morgan fingerprint density at radius 2 is 2.24 bits per heavy atom. The first kappa shape index (κ1) is 13.8. The molecule has 17 heavy (non-hydrogen) atoms. The number of methoxy groups -OCH3 is 1. The highest BCUT2D eigenvalue weighted by Crippen LogP contribution is 2.23. The number of halogens is 1. The maximum atomic E-state index is 11.3. The molecule has 0 radical (unpaired) electrons. The van der Waals surface area contributed by atoms with Crippen molar-refractivity contribution in [3.8, 4) is 0 Å². The number of nitrogens with one attached hydrogen (secondary N) is 1. The van der Waals surface area contributed by atoms with Crippen molar-refractivity contribution in [1.29, 1.82) is 0 Å². The molecule has 5 heteroatoms. The van der Waals surface area contributed by atoms with Crippen LogP contribution in [-0.4, -0.2) is 26.2 Å². The number of anilines is 1. The van der Waals surface area contributed by atoms with Crippen LogP contribution in [0.25, 0.3) is 0 Å². The number of hydrogen-bond acceptors (Lipinski definition) is 4. The van der Waals surface area contributed by atoms with E-state index in [9.17, 15) is 4.79 Å². The van der Waals surface area contributed by atoms with Crippen LogP contribution in [0.15, 0.2) is 18.2 Å². The van der Waals surface area contributed by atoms with E-state index in [2.05, 4.69) is 10.1 Å². The quantitative estimate of drug-likeness (QED) is 0.605. The van der Waals surface area contributed by atoms with Crippen molar-refractivity contribution in [3.05, 3.63) is 28.8 Å². The van der Waals surface area contributed by atoms with Crippen molar-refractivity contribution in [1.82, 2.24) is 0 Å². The number of unbranched alkanes of at least 4 members (excludes halogenated alkanes) is 1. The lowest BCUT2D eigenvalue weighted by Gasteiger charge is -2.09. The Morgan fingerprint density at radius 3 is 2.88 bits per heavy atom. The lowest BCUT2D eigenvalue weighted by atomic mass is 10.2. The number of carbonyl (C=O) groups excluding carboxylic acids is 1. The first-order chi connectivity index (χ1) is 8.19. The molecule has 1 aromatic rings. The fraction of sp³-hybridized carbons (Fsp3) is 0.417. The van der Waals surface area contributed by atoms with E-state index in [0.29, 0.717) is 17.1 Å². The van der Waals surface area contributed by atoms with E-state index >= 15 is 0 Å². The monoisotopic (exact) mass is 256 g/mol. The third kappa shape index (κ3) is 4.24. The van der Waals surface area contributed by atoms with Crippen LogP contribution in [-0.2, 0) is 4.74 Å². The number of hydrogen-bond donors (Lipinski definition) is 2. The molecule has 0 aliphatic heterocycles. The molecule has 0 bridgehead atoms. The molecule has 0 saturated carbocycles. The Labute approximate surface area is 106 Å². The molecule has 0 unspecified atom stereocenters. The molecule has 0 aliphatic rings. The van der Waals surface area contributed by atoms with E-state index < -0.39 is 0 Å². The minimum atomic E-state index is -0.369. The highest BCUT2D eigenvalue weighted by molar-refractivity contribution is 6.33. The second kappa shape index (κ2) is 7.14. The second-order valence-corrected chi connectivity index (χ2v) is 4.02. The largest absolute Gasteiger partial charge is 0.465 e. The van der Waals surface area contributed by atoms with E-state index in [4.69, 9.17) is 17.3 Å². The summed E-state index contributed by atoms with van der Waals surface area (Å²) in [5.74, 6) is -0.369. The number of rotatable bonds is 6. The first-order valence-corrected chi connectivity index (χ1v) is 5.88. The maximum absolute atomic E-state index is 11.3. The van der Waals surface area contributed by atoms with E-state index in [1.165, 1.54) is 7.11 Å². The average Bonchev–Trinajstić information content (AvgIpc) is 2.35. The summed E-state index contributed by atoms with van der Waals surface area (Å²) >= 11 is 6.02. The van der Waals surface area contributed by atoms with Crippen LogP contribution in [0.2, 0.25) is 5.02 Å². The van der Waals surface area contributed by atoms with Crippen molar-refractivity contribution in [2.45, 2.75) is 12.8 Å². The van der Waals surface area contributed by atoms with Gasteiger partial charge in [-0.3, -0.25) is 0 Å². The van der Waals surface area contributed by atoms with Gasteiger partial charge in [-0.05, 0) is 37.6 Å². The highest BCUT2D eigenvalue weighted by Gasteiger charge is 2.08. The van der Waals surface area contributed by atoms with Gasteiger partial charge in [-0.2, -0.15) is 0 Å². The third-order valence-electron chi connectivity index (χ3n) is 2.33. The fourth-order valence-electron chi connectivity index (χ4n) is 1.40. The number of nitrogens with two attached hydrogens (primary N) is 1. The summed E-state index contributed by atoms with van der Waals surface area (Å²) in [6, 6.07) is 5.01. The normalized spacial score (nSPS) is 10.1. The molecule has 0 spiro atoms. The van der Waals surface area contributed by atoms with Crippen LogP contribution in [0.5, 0.6) is 0 Å². The van der Waals surface area contributed by atoms with Crippen molar-refractivity contribution in [2.24, 2.45) is 5.73 Å². The summed E-state index contributed by atoms with van der Waals surface area (Å²) < 4.78 is 4.65. The van der Waals surface area contributed by atoms with Gasteiger partial charge < -0.3 is 15.8 Å². The summed E-state index contributed by atoms with van der Waals surface area (Å²) in [6.07, 6.45) is 1.93. The summed E-state index contributed by atoms with van der Waals surface area (Å²) in [4.78, 5) is 11.3. The number of carbonyl (C=O) groups is 1. The molecule has 0 heterocycles. The van der Waals surface area contributed by atoms with Crippen LogP contribution < -0.4 is 11.1 Å². The minimum absolute atomic E-state index is 0.369. The molecule has 0 fully saturated rings. The molecule has 0 saturated heterocycles. The zero-order valence-corrected chi connectivity index (χ0v) is 10.6. The van der Waals surface area contributed by atoms with Crippen LogP contribution in [0.4, 0.5) is 5.69 Å². The van der Waals surface area contributed by atoms with Gasteiger partial charge in [0.2, 0.25) is 0 Å². The zero-order chi connectivity index (χ0) is 12.7. The van der Waals surface area contributed by atoms with Gasteiger partial charge in [0.1, 0.15) is 0 Å². The van der Waals surface area contributed by atoms with Gasteiger partial charge in [0.15, 0.2) is 0 Å². The molecular weight excluding hydrogens is 240 g/mol.